The highest BCUT2D eigenvalue weighted by atomic mass is 35.5. The van der Waals surface area contributed by atoms with E-state index in [9.17, 15) is 4.79 Å². The van der Waals surface area contributed by atoms with E-state index >= 15 is 0 Å². The number of hydrogen-bond donors (Lipinski definition) is 1. The molecular weight excluding hydrogens is 286 g/mol. The predicted octanol–water partition coefficient (Wildman–Crippen LogP) is 1.88. The molecule has 1 N–H and O–H groups in total. The molecule has 1 unspecified atom stereocenters. The van der Waals surface area contributed by atoms with Crippen molar-refractivity contribution >= 4 is 18.3 Å². The van der Waals surface area contributed by atoms with Gasteiger partial charge in [0, 0.05) is 32.2 Å². The lowest BCUT2D eigenvalue weighted by Gasteiger charge is -2.42. The van der Waals surface area contributed by atoms with Crippen molar-refractivity contribution in [3.05, 3.63) is 0 Å². The summed E-state index contributed by atoms with van der Waals surface area (Å²) in [5.74, 6) is 1.27. The van der Waals surface area contributed by atoms with Crippen LogP contribution in [0.2, 0.25) is 0 Å². The fourth-order valence-corrected chi connectivity index (χ4v) is 4.03. The molecular formula is C16H30ClN3O. The zero-order chi connectivity index (χ0) is 13.9. The average molecular weight is 316 g/mol. The number of halogens is 1. The molecule has 3 fully saturated rings. The summed E-state index contributed by atoms with van der Waals surface area (Å²) in [5.41, 5.74) is 0. The van der Waals surface area contributed by atoms with Gasteiger partial charge in [-0.1, -0.05) is 6.92 Å². The number of hydrogen-bond acceptors (Lipinski definition) is 3. The van der Waals surface area contributed by atoms with E-state index in [0.29, 0.717) is 5.91 Å². The third-order valence-electron chi connectivity index (χ3n) is 5.49. The number of piperazine rings is 1. The van der Waals surface area contributed by atoms with Crippen LogP contribution in [-0.2, 0) is 4.79 Å². The molecule has 0 aromatic carbocycles. The first-order valence-corrected chi connectivity index (χ1v) is 8.50. The number of amides is 1. The van der Waals surface area contributed by atoms with E-state index in [2.05, 4.69) is 22.0 Å². The Labute approximate surface area is 135 Å². The van der Waals surface area contributed by atoms with Gasteiger partial charge in [0.2, 0.25) is 5.91 Å². The molecule has 4 nitrogen and oxygen atoms in total. The molecule has 0 aromatic rings. The van der Waals surface area contributed by atoms with Gasteiger partial charge in [-0.05, 0) is 51.0 Å². The maximum absolute atomic E-state index is 12.4. The van der Waals surface area contributed by atoms with Gasteiger partial charge in [0.25, 0.3) is 0 Å². The van der Waals surface area contributed by atoms with Gasteiger partial charge in [0.05, 0.1) is 6.04 Å². The van der Waals surface area contributed by atoms with Gasteiger partial charge in [-0.15, -0.1) is 12.4 Å². The van der Waals surface area contributed by atoms with E-state index in [-0.39, 0.29) is 18.4 Å². The fraction of sp³-hybridized carbons (Fsp3) is 0.938. The van der Waals surface area contributed by atoms with E-state index in [1.54, 1.807) is 0 Å². The smallest absolute Gasteiger partial charge is 0.239 e. The highest BCUT2D eigenvalue weighted by Gasteiger charge is 2.31. The summed E-state index contributed by atoms with van der Waals surface area (Å²) < 4.78 is 0. The summed E-state index contributed by atoms with van der Waals surface area (Å²) in [7, 11) is 0. The van der Waals surface area contributed by atoms with Crippen molar-refractivity contribution in [1.82, 2.24) is 15.1 Å². The highest BCUT2D eigenvalue weighted by Crippen LogP contribution is 2.27. The Morgan fingerprint density at radius 3 is 2.24 bits per heavy atom. The van der Waals surface area contributed by atoms with Gasteiger partial charge in [-0.3, -0.25) is 9.69 Å². The molecule has 0 bridgehead atoms. The Balaban J connectivity index is 0.00000161. The summed E-state index contributed by atoms with van der Waals surface area (Å²) >= 11 is 0. The third-order valence-corrected chi connectivity index (χ3v) is 5.49. The molecule has 3 aliphatic rings. The van der Waals surface area contributed by atoms with Gasteiger partial charge in [-0.2, -0.15) is 0 Å². The van der Waals surface area contributed by atoms with Crippen LogP contribution in [0.25, 0.3) is 0 Å². The molecule has 0 radical (unpaired) electrons. The van der Waals surface area contributed by atoms with Crippen LogP contribution in [0.1, 0.15) is 45.4 Å². The third kappa shape index (κ3) is 4.11. The maximum atomic E-state index is 12.4. The minimum Gasteiger partial charge on any atom is -0.339 e. The van der Waals surface area contributed by atoms with E-state index in [1.165, 1.54) is 25.7 Å². The average Bonchev–Trinajstić information content (AvgIpc) is 3.02. The van der Waals surface area contributed by atoms with Crippen molar-refractivity contribution < 1.29 is 4.79 Å². The molecule has 1 atom stereocenters. The lowest BCUT2D eigenvalue weighted by Crippen LogP contribution is -2.55. The number of carbonyl (C=O) groups excluding carboxylic acids is 1. The van der Waals surface area contributed by atoms with Crippen molar-refractivity contribution in [2.45, 2.75) is 57.5 Å². The first-order chi connectivity index (χ1) is 9.74. The maximum Gasteiger partial charge on any atom is 0.239 e. The summed E-state index contributed by atoms with van der Waals surface area (Å²) in [4.78, 5) is 17.1. The Bertz CT molecular complexity index is 330. The topological polar surface area (TPSA) is 35.6 Å². The predicted molar refractivity (Wildman–Crippen MR) is 87.8 cm³/mol. The number of nitrogens with one attached hydrogen (secondary N) is 1. The molecule has 1 saturated carbocycles. The van der Waals surface area contributed by atoms with E-state index in [4.69, 9.17) is 0 Å². The zero-order valence-electron chi connectivity index (χ0n) is 13.2. The minimum atomic E-state index is 0. The van der Waals surface area contributed by atoms with Crippen LogP contribution < -0.4 is 5.32 Å². The SMILES string of the molecule is CC1CCC(N2CCN(C(=O)C3CCCN3)CC2)CC1.Cl. The van der Waals surface area contributed by atoms with Crippen LogP contribution in [0.3, 0.4) is 0 Å². The van der Waals surface area contributed by atoms with Crippen LogP contribution in [0, 0.1) is 5.92 Å². The van der Waals surface area contributed by atoms with Gasteiger partial charge in [-0.25, -0.2) is 0 Å². The number of nitrogens with zero attached hydrogens (tertiary/aromatic N) is 2. The minimum absolute atomic E-state index is 0. The lowest BCUT2D eigenvalue weighted by atomic mass is 9.86. The molecule has 2 saturated heterocycles. The van der Waals surface area contributed by atoms with Gasteiger partial charge in [0.15, 0.2) is 0 Å². The lowest BCUT2D eigenvalue weighted by molar-refractivity contribution is -0.135. The molecule has 1 amide bonds. The van der Waals surface area contributed by atoms with Crippen LogP contribution in [0.4, 0.5) is 0 Å². The Morgan fingerprint density at radius 2 is 1.67 bits per heavy atom. The van der Waals surface area contributed by atoms with Crippen LogP contribution in [0.5, 0.6) is 0 Å². The van der Waals surface area contributed by atoms with E-state index in [0.717, 1.165) is 57.5 Å². The Morgan fingerprint density at radius 1 is 1.00 bits per heavy atom. The molecule has 2 heterocycles. The largest absolute Gasteiger partial charge is 0.339 e. The number of rotatable bonds is 2. The van der Waals surface area contributed by atoms with Crippen molar-refractivity contribution in [3.8, 4) is 0 Å². The van der Waals surface area contributed by atoms with E-state index < -0.39 is 0 Å². The quantitative estimate of drug-likeness (QED) is 0.845. The molecule has 0 spiro atoms. The molecule has 2 aliphatic heterocycles. The normalized spacial score (nSPS) is 34.5. The first-order valence-electron chi connectivity index (χ1n) is 8.50. The van der Waals surface area contributed by atoms with Gasteiger partial charge in [0.1, 0.15) is 0 Å². The summed E-state index contributed by atoms with van der Waals surface area (Å²) in [6, 6.07) is 0.894. The second kappa shape index (κ2) is 7.80. The highest BCUT2D eigenvalue weighted by molar-refractivity contribution is 5.85. The number of carbonyl (C=O) groups is 1. The summed E-state index contributed by atoms with van der Waals surface area (Å²) in [6.45, 7) is 7.42. The molecule has 3 rings (SSSR count). The zero-order valence-corrected chi connectivity index (χ0v) is 14.0. The van der Waals surface area contributed by atoms with Gasteiger partial charge < -0.3 is 10.2 Å². The molecule has 5 heteroatoms. The summed E-state index contributed by atoms with van der Waals surface area (Å²) in [5, 5.41) is 3.33. The molecule has 122 valence electrons. The Kier molecular flexibility index (Phi) is 6.33. The van der Waals surface area contributed by atoms with Gasteiger partial charge >= 0.3 is 0 Å². The second-order valence-corrected chi connectivity index (χ2v) is 6.92. The molecule has 21 heavy (non-hydrogen) atoms. The van der Waals surface area contributed by atoms with Crippen molar-refractivity contribution in [2.24, 2.45) is 5.92 Å². The van der Waals surface area contributed by atoms with Crippen LogP contribution in [0.15, 0.2) is 0 Å². The first kappa shape index (κ1) is 17.0. The van der Waals surface area contributed by atoms with Crippen molar-refractivity contribution in [1.29, 1.82) is 0 Å². The van der Waals surface area contributed by atoms with Crippen molar-refractivity contribution in [2.75, 3.05) is 32.7 Å². The van der Waals surface area contributed by atoms with Crippen LogP contribution in [-0.4, -0.2) is 60.5 Å². The fourth-order valence-electron chi connectivity index (χ4n) is 4.03. The van der Waals surface area contributed by atoms with E-state index in [1.807, 2.05) is 0 Å². The Hall–Kier alpha value is -0.320. The summed E-state index contributed by atoms with van der Waals surface area (Å²) in [6.07, 6.45) is 7.67. The molecule has 0 aromatic heterocycles. The second-order valence-electron chi connectivity index (χ2n) is 6.92. The standard InChI is InChI=1S/C16H29N3O.ClH/c1-13-4-6-14(7-5-13)18-9-11-19(12-10-18)16(20)15-3-2-8-17-15;/h13-15,17H,2-12H2,1H3;1H. The monoisotopic (exact) mass is 315 g/mol. The van der Waals surface area contributed by atoms with Crippen LogP contribution >= 0.6 is 12.4 Å². The van der Waals surface area contributed by atoms with Crippen molar-refractivity contribution in [3.63, 3.8) is 0 Å². The molecule has 1 aliphatic carbocycles.